The van der Waals surface area contributed by atoms with Gasteiger partial charge in [-0.1, -0.05) is 26.3 Å². The Labute approximate surface area is 166 Å². The average Bonchev–Trinajstić information content (AvgIpc) is 2.66. The molecule has 2 heterocycles. The van der Waals surface area contributed by atoms with Crippen LogP contribution in [0.4, 0.5) is 0 Å². The Morgan fingerprint density at radius 1 is 1.32 bits per heavy atom. The Balaban J connectivity index is 1.76. The van der Waals surface area contributed by atoms with E-state index in [-0.39, 0.29) is 22.7 Å². The van der Waals surface area contributed by atoms with E-state index in [1.165, 1.54) is 6.08 Å². The predicted molar refractivity (Wildman–Crippen MR) is 112 cm³/mol. The van der Waals surface area contributed by atoms with Crippen LogP contribution < -0.4 is 4.74 Å². The van der Waals surface area contributed by atoms with Crippen LogP contribution in [-0.2, 0) is 0 Å². The van der Waals surface area contributed by atoms with Crippen molar-refractivity contribution in [3.8, 4) is 11.5 Å². The van der Waals surface area contributed by atoms with Crippen LogP contribution in [0.15, 0.2) is 48.8 Å². The minimum atomic E-state index is -0.389. The fourth-order valence-corrected chi connectivity index (χ4v) is 3.32. The maximum Gasteiger partial charge on any atom is 0.189 e. The second kappa shape index (κ2) is 8.42. The molecule has 2 aromatic rings. The van der Waals surface area contributed by atoms with Crippen molar-refractivity contribution in [1.82, 2.24) is 4.98 Å². The first kappa shape index (κ1) is 19.9. The number of carbonyl (C=O) groups is 1. The third-order valence-corrected chi connectivity index (χ3v) is 4.95. The van der Waals surface area contributed by atoms with E-state index < -0.39 is 0 Å². The van der Waals surface area contributed by atoms with Crippen LogP contribution in [0.3, 0.4) is 0 Å². The number of phenolic OH excluding ortho intramolecular Hbond substituents is 1. The summed E-state index contributed by atoms with van der Waals surface area (Å²) in [6.45, 7) is 6.49. The number of allylic oxidation sites excluding steroid dienone is 1. The molecular formula is C24H27NO3. The van der Waals surface area contributed by atoms with Crippen LogP contribution in [-0.4, -0.2) is 21.5 Å². The molecule has 1 aliphatic heterocycles. The van der Waals surface area contributed by atoms with Crippen molar-refractivity contribution in [2.45, 2.75) is 45.6 Å². The number of hydrogen-bond acceptors (Lipinski definition) is 4. The number of rotatable bonds is 7. The van der Waals surface area contributed by atoms with Crippen molar-refractivity contribution < 1.29 is 14.6 Å². The van der Waals surface area contributed by atoms with Gasteiger partial charge in [-0.15, -0.1) is 0 Å². The molecule has 1 aromatic heterocycles. The number of hydrogen-bond donors (Lipinski definition) is 1. The molecule has 1 atom stereocenters. The molecule has 0 fully saturated rings. The zero-order valence-corrected chi connectivity index (χ0v) is 16.7. The number of benzene rings is 1. The first-order valence-corrected chi connectivity index (χ1v) is 9.74. The lowest BCUT2D eigenvalue weighted by Gasteiger charge is -2.32. The second-order valence-corrected chi connectivity index (χ2v) is 7.89. The van der Waals surface area contributed by atoms with Crippen LogP contribution in [0.1, 0.15) is 61.5 Å². The van der Waals surface area contributed by atoms with Crippen LogP contribution in [0.2, 0.25) is 0 Å². The average molecular weight is 377 g/mol. The molecular weight excluding hydrogens is 350 g/mol. The van der Waals surface area contributed by atoms with Crippen molar-refractivity contribution in [2.75, 3.05) is 0 Å². The summed E-state index contributed by atoms with van der Waals surface area (Å²) in [6.07, 6.45) is 13.5. The number of carbonyl (C=O) groups excluding carboxylic acids is 1. The molecule has 0 spiro atoms. The molecule has 28 heavy (non-hydrogen) atoms. The largest absolute Gasteiger partial charge is 0.506 e. The highest BCUT2D eigenvalue weighted by Crippen LogP contribution is 2.40. The highest BCUT2D eigenvalue weighted by atomic mass is 16.5. The molecule has 4 heteroatoms. The van der Waals surface area contributed by atoms with E-state index in [1.807, 2.05) is 18.2 Å². The number of ketones is 1. The lowest BCUT2D eigenvalue weighted by atomic mass is 9.91. The summed E-state index contributed by atoms with van der Waals surface area (Å²) < 4.78 is 6.16. The maximum absolute atomic E-state index is 12.5. The normalized spacial score (nSPS) is 18.3. The van der Waals surface area contributed by atoms with Gasteiger partial charge in [0, 0.05) is 12.4 Å². The summed E-state index contributed by atoms with van der Waals surface area (Å²) in [5, 5.41) is 10.6. The third kappa shape index (κ3) is 4.69. The van der Waals surface area contributed by atoms with Crippen LogP contribution >= 0.6 is 0 Å². The van der Waals surface area contributed by atoms with Gasteiger partial charge in [0.15, 0.2) is 5.78 Å². The minimum Gasteiger partial charge on any atom is -0.506 e. The Morgan fingerprint density at radius 2 is 2.14 bits per heavy atom. The Bertz CT molecular complexity index is 900. The molecule has 146 valence electrons. The molecule has 0 amide bonds. The highest BCUT2D eigenvalue weighted by Gasteiger charge is 2.29. The monoisotopic (exact) mass is 377 g/mol. The molecule has 0 saturated carbocycles. The number of phenols is 1. The van der Waals surface area contributed by atoms with Crippen LogP contribution in [0.25, 0.3) is 12.2 Å². The Kier molecular flexibility index (Phi) is 5.98. The van der Waals surface area contributed by atoms with Crippen molar-refractivity contribution in [2.24, 2.45) is 5.92 Å². The SMILES string of the molecule is CC(C)CCCC1(C)C=Cc2c(ccc(C(=O)/C=C/c3cccnc3)c2O)O1. The van der Waals surface area contributed by atoms with E-state index in [2.05, 4.69) is 25.8 Å². The van der Waals surface area contributed by atoms with Gasteiger partial charge in [0.2, 0.25) is 0 Å². The minimum absolute atomic E-state index is 0.0428. The van der Waals surface area contributed by atoms with Gasteiger partial charge < -0.3 is 9.84 Å². The summed E-state index contributed by atoms with van der Waals surface area (Å²) in [6, 6.07) is 7.06. The maximum atomic E-state index is 12.5. The van der Waals surface area contributed by atoms with Gasteiger partial charge in [0.05, 0.1) is 11.1 Å². The topological polar surface area (TPSA) is 59.4 Å². The number of aromatic hydroxyl groups is 1. The fraction of sp³-hybridized carbons (Fsp3) is 0.333. The van der Waals surface area contributed by atoms with Crippen molar-refractivity contribution in [1.29, 1.82) is 0 Å². The third-order valence-electron chi connectivity index (χ3n) is 4.95. The van der Waals surface area contributed by atoms with E-state index in [9.17, 15) is 9.90 Å². The van der Waals surface area contributed by atoms with Gasteiger partial charge in [0.25, 0.3) is 0 Å². The van der Waals surface area contributed by atoms with Gasteiger partial charge in [-0.2, -0.15) is 0 Å². The van der Waals surface area contributed by atoms with Crippen LogP contribution in [0.5, 0.6) is 11.5 Å². The first-order chi connectivity index (χ1) is 13.4. The molecule has 0 saturated heterocycles. The molecule has 0 bridgehead atoms. The molecule has 1 unspecified atom stereocenters. The molecule has 1 aromatic carbocycles. The molecule has 0 radical (unpaired) electrons. The number of pyridine rings is 1. The van der Waals surface area contributed by atoms with Gasteiger partial charge in [-0.3, -0.25) is 9.78 Å². The zero-order chi connectivity index (χ0) is 20.1. The van der Waals surface area contributed by atoms with E-state index >= 15 is 0 Å². The van der Waals surface area contributed by atoms with Crippen molar-refractivity contribution >= 4 is 17.9 Å². The van der Waals surface area contributed by atoms with E-state index in [4.69, 9.17) is 4.74 Å². The summed E-state index contributed by atoms with van der Waals surface area (Å²) in [5.41, 5.74) is 1.26. The quantitative estimate of drug-likeness (QED) is 0.498. The highest BCUT2D eigenvalue weighted by molar-refractivity contribution is 6.09. The number of nitrogens with zero attached hydrogens (tertiary/aromatic N) is 1. The summed E-state index contributed by atoms with van der Waals surface area (Å²) in [7, 11) is 0. The lowest BCUT2D eigenvalue weighted by molar-refractivity contribution is 0.104. The molecule has 3 rings (SSSR count). The molecule has 1 aliphatic rings. The van der Waals surface area contributed by atoms with E-state index in [1.54, 1.807) is 36.7 Å². The fourth-order valence-electron chi connectivity index (χ4n) is 3.32. The van der Waals surface area contributed by atoms with Crippen molar-refractivity contribution in [3.63, 3.8) is 0 Å². The second-order valence-electron chi connectivity index (χ2n) is 7.89. The van der Waals surface area contributed by atoms with Crippen LogP contribution in [0, 0.1) is 5.92 Å². The van der Waals surface area contributed by atoms with Gasteiger partial charge in [0.1, 0.15) is 17.1 Å². The standard InChI is InChI=1S/C24H27NO3/c1-17(2)6-4-13-24(3)14-12-20-22(28-24)11-9-19(23(20)27)21(26)10-8-18-7-5-15-25-16-18/h5,7-12,14-17,27H,4,6,13H2,1-3H3/b10-8+. The molecule has 1 N–H and O–H groups in total. The number of aromatic nitrogens is 1. The predicted octanol–water partition coefficient (Wildman–Crippen LogP) is 5.67. The van der Waals surface area contributed by atoms with E-state index in [0.717, 1.165) is 24.8 Å². The van der Waals surface area contributed by atoms with Gasteiger partial charge >= 0.3 is 0 Å². The summed E-state index contributed by atoms with van der Waals surface area (Å²) in [5.74, 6) is 0.974. The number of fused-ring (bicyclic) bond motifs is 1. The van der Waals surface area contributed by atoms with Gasteiger partial charge in [-0.05, 0) is 73.7 Å². The van der Waals surface area contributed by atoms with E-state index in [0.29, 0.717) is 17.2 Å². The summed E-state index contributed by atoms with van der Waals surface area (Å²) in [4.78, 5) is 16.5. The first-order valence-electron chi connectivity index (χ1n) is 9.74. The van der Waals surface area contributed by atoms with Gasteiger partial charge in [-0.25, -0.2) is 0 Å². The zero-order valence-electron chi connectivity index (χ0n) is 16.7. The van der Waals surface area contributed by atoms with Crippen molar-refractivity contribution in [3.05, 3.63) is 65.5 Å². The number of ether oxygens (including phenoxy) is 1. The molecule has 0 aliphatic carbocycles. The summed E-state index contributed by atoms with van der Waals surface area (Å²) >= 11 is 0. The lowest BCUT2D eigenvalue weighted by Crippen LogP contribution is -2.32. The Hall–Kier alpha value is -2.88. The molecule has 4 nitrogen and oxygen atoms in total. The Morgan fingerprint density at radius 3 is 2.86 bits per heavy atom. The smallest absolute Gasteiger partial charge is 0.189 e.